The molecule has 1 aromatic carbocycles. The van der Waals surface area contributed by atoms with Gasteiger partial charge in [-0.1, -0.05) is 11.6 Å². The largest absolute Gasteiger partial charge is 0.398 e. The molecule has 0 aromatic heterocycles. The van der Waals surface area contributed by atoms with Gasteiger partial charge in [-0.3, -0.25) is 4.79 Å². The summed E-state index contributed by atoms with van der Waals surface area (Å²) in [5.74, 6) is -0.0640. The van der Waals surface area contributed by atoms with Crippen LogP contribution in [0.15, 0.2) is 12.1 Å². The van der Waals surface area contributed by atoms with E-state index in [0.29, 0.717) is 16.3 Å². The predicted molar refractivity (Wildman–Crippen MR) is 58.6 cm³/mol. The molecule has 0 bridgehead atoms. The summed E-state index contributed by atoms with van der Waals surface area (Å²) in [5.41, 5.74) is 7.49. The Morgan fingerprint density at radius 2 is 2.00 bits per heavy atom. The van der Waals surface area contributed by atoms with Gasteiger partial charge in [-0.15, -0.1) is 0 Å². The van der Waals surface area contributed by atoms with E-state index in [4.69, 9.17) is 17.3 Å². The van der Waals surface area contributed by atoms with Gasteiger partial charge >= 0.3 is 0 Å². The molecule has 0 saturated carbocycles. The fourth-order valence-electron chi connectivity index (χ4n) is 1.16. The number of hydrogen-bond acceptors (Lipinski definition) is 2. The normalized spacial score (nSPS) is 10.0. The van der Waals surface area contributed by atoms with Crippen LogP contribution in [0.5, 0.6) is 0 Å². The number of halogens is 1. The zero-order valence-corrected chi connectivity index (χ0v) is 9.22. The van der Waals surface area contributed by atoms with Crippen LogP contribution >= 0.6 is 11.6 Å². The molecule has 0 fully saturated rings. The number of hydrogen-bond donors (Lipinski definition) is 1. The maximum atomic E-state index is 11.7. The average Bonchev–Trinajstić information content (AvgIpc) is 2.10. The smallest absolute Gasteiger partial charge is 0.253 e. The number of nitrogen functional groups attached to an aromatic ring is 1. The van der Waals surface area contributed by atoms with Crippen LogP contribution in [0.3, 0.4) is 0 Å². The Morgan fingerprint density at radius 3 is 2.50 bits per heavy atom. The molecule has 4 heteroatoms. The van der Waals surface area contributed by atoms with E-state index in [9.17, 15) is 4.79 Å². The second kappa shape index (κ2) is 3.88. The molecule has 1 amide bonds. The predicted octanol–water partition coefficient (Wildman–Crippen LogP) is 1.93. The lowest BCUT2D eigenvalue weighted by Crippen LogP contribution is -2.22. The quantitative estimate of drug-likeness (QED) is 0.724. The van der Waals surface area contributed by atoms with E-state index in [1.165, 1.54) is 4.90 Å². The van der Waals surface area contributed by atoms with Crippen molar-refractivity contribution in [1.29, 1.82) is 0 Å². The van der Waals surface area contributed by atoms with Gasteiger partial charge in [-0.25, -0.2) is 0 Å². The summed E-state index contributed by atoms with van der Waals surface area (Å²) in [7, 11) is 3.40. The van der Waals surface area contributed by atoms with Crippen LogP contribution < -0.4 is 5.73 Å². The zero-order valence-electron chi connectivity index (χ0n) is 8.47. The number of anilines is 1. The first-order valence-corrected chi connectivity index (χ1v) is 4.58. The molecule has 0 aliphatic carbocycles. The summed E-state index contributed by atoms with van der Waals surface area (Å²) in [6.45, 7) is 1.84. The molecule has 1 rings (SSSR count). The Morgan fingerprint density at radius 1 is 1.43 bits per heavy atom. The zero-order chi connectivity index (χ0) is 10.9. The average molecular weight is 213 g/mol. The molecule has 0 atom stereocenters. The van der Waals surface area contributed by atoms with Crippen LogP contribution in [0.2, 0.25) is 5.02 Å². The third-order valence-electron chi connectivity index (χ3n) is 1.98. The highest BCUT2D eigenvalue weighted by molar-refractivity contribution is 6.33. The monoisotopic (exact) mass is 212 g/mol. The standard InChI is InChI=1S/C10H13ClN2O/c1-6-4-8(11)9(12)5-7(6)10(14)13(2)3/h4-5H,12H2,1-3H3. The molecule has 0 aliphatic heterocycles. The maximum absolute atomic E-state index is 11.7. The minimum Gasteiger partial charge on any atom is -0.398 e. The van der Waals surface area contributed by atoms with Crippen molar-refractivity contribution in [3.63, 3.8) is 0 Å². The lowest BCUT2D eigenvalue weighted by atomic mass is 10.1. The van der Waals surface area contributed by atoms with E-state index >= 15 is 0 Å². The van der Waals surface area contributed by atoms with Crippen molar-refractivity contribution in [2.45, 2.75) is 6.92 Å². The highest BCUT2D eigenvalue weighted by Crippen LogP contribution is 2.23. The number of aryl methyl sites for hydroxylation is 1. The third kappa shape index (κ3) is 1.99. The lowest BCUT2D eigenvalue weighted by molar-refractivity contribution is 0.0827. The first-order chi connectivity index (χ1) is 6.43. The van der Waals surface area contributed by atoms with Crippen LogP contribution in [0.25, 0.3) is 0 Å². The SMILES string of the molecule is Cc1cc(Cl)c(N)cc1C(=O)N(C)C. The molecule has 2 N–H and O–H groups in total. The van der Waals surface area contributed by atoms with E-state index in [0.717, 1.165) is 5.56 Å². The van der Waals surface area contributed by atoms with Crippen LogP contribution in [-0.4, -0.2) is 24.9 Å². The molecule has 0 unspecified atom stereocenters. The molecule has 0 aliphatic rings. The summed E-state index contributed by atoms with van der Waals surface area (Å²) in [4.78, 5) is 13.2. The van der Waals surface area contributed by atoms with E-state index in [-0.39, 0.29) is 5.91 Å². The highest BCUT2D eigenvalue weighted by Gasteiger charge is 2.12. The van der Waals surface area contributed by atoms with E-state index in [2.05, 4.69) is 0 Å². The first-order valence-electron chi connectivity index (χ1n) is 4.20. The van der Waals surface area contributed by atoms with Gasteiger partial charge in [0, 0.05) is 19.7 Å². The summed E-state index contributed by atoms with van der Waals surface area (Å²) < 4.78 is 0. The van der Waals surface area contributed by atoms with Gasteiger partial charge in [0.1, 0.15) is 0 Å². The Balaban J connectivity index is 3.22. The Kier molecular flexibility index (Phi) is 3.01. The number of benzene rings is 1. The lowest BCUT2D eigenvalue weighted by Gasteiger charge is -2.13. The summed E-state index contributed by atoms with van der Waals surface area (Å²) in [6.07, 6.45) is 0. The summed E-state index contributed by atoms with van der Waals surface area (Å²) in [5, 5.41) is 0.484. The van der Waals surface area contributed by atoms with E-state index < -0.39 is 0 Å². The molecule has 0 saturated heterocycles. The van der Waals surface area contributed by atoms with Gasteiger partial charge in [0.2, 0.25) is 0 Å². The molecule has 76 valence electrons. The second-order valence-corrected chi connectivity index (χ2v) is 3.80. The Hall–Kier alpha value is -1.22. The fourth-order valence-corrected chi connectivity index (χ4v) is 1.38. The molecule has 3 nitrogen and oxygen atoms in total. The maximum Gasteiger partial charge on any atom is 0.253 e. The Labute approximate surface area is 88.5 Å². The molecule has 0 heterocycles. The van der Waals surface area contributed by atoms with Gasteiger partial charge in [0.05, 0.1) is 10.7 Å². The highest BCUT2D eigenvalue weighted by atomic mass is 35.5. The minimum absolute atomic E-state index is 0.0640. The van der Waals surface area contributed by atoms with E-state index in [1.807, 2.05) is 6.92 Å². The van der Waals surface area contributed by atoms with Gasteiger partial charge in [0.25, 0.3) is 5.91 Å². The van der Waals surface area contributed by atoms with Crippen LogP contribution in [0.4, 0.5) is 5.69 Å². The third-order valence-corrected chi connectivity index (χ3v) is 2.31. The topological polar surface area (TPSA) is 46.3 Å². The summed E-state index contributed by atoms with van der Waals surface area (Å²) in [6, 6.07) is 3.31. The first kappa shape index (κ1) is 10.9. The number of amides is 1. The number of carbonyl (C=O) groups is 1. The number of nitrogens with zero attached hydrogens (tertiary/aromatic N) is 1. The Bertz CT molecular complexity index is 375. The van der Waals surface area contributed by atoms with Crippen LogP contribution in [-0.2, 0) is 0 Å². The molecule has 0 spiro atoms. The summed E-state index contributed by atoms with van der Waals surface area (Å²) >= 11 is 5.82. The van der Waals surface area contributed by atoms with Crippen molar-refractivity contribution in [2.24, 2.45) is 0 Å². The van der Waals surface area contributed by atoms with Gasteiger partial charge in [-0.05, 0) is 24.6 Å². The van der Waals surface area contributed by atoms with Crippen LogP contribution in [0, 0.1) is 6.92 Å². The number of rotatable bonds is 1. The minimum atomic E-state index is -0.0640. The number of carbonyl (C=O) groups excluding carboxylic acids is 1. The van der Waals surface area contributed by atoms with E-state index in [1.54, 1.807) is 26.2 Å². The van der Waals surface area contributed by atoms with Crippen LogP contribution in [0.1, 0.15) is 15.9 Å². The number of nitrogens with two attached hydrogens (primary N) is 1. The van der Waals surface area contributed by atoms with Crippen molar-refractivity contribution in [3.8, 4) is 0 Å². The molecule has 14 heavy (non-hydrogen) atoms. The second-order valence-electron chi connectivity index (χ2n) is 3.39. The van der Waals surface area contributed by atoms with Gasteiger partial charge in [0.15, 0.2) is 0 Å². The molecule has 1 aromatic rings. The van der Waals surface area contributed by atoms with Gasteiger partial charge < -0.3 is 10.6 Å². The van der Waals surface area contributed by atoms with Crippen molar-refractivity contribution in [2.75, 3.05) is 19.8 Å². The fraction of sp³-hybridized carbons (Fsp3) is 0.300. The van der Waals surface area contributed by atoms with Crippen molar-refractivity contribution in [3.05, 3.63) is 28.3 Å². The van der Waals surface area contributed by atoms with Crippen molar-refractivity contribution in [1.82, 2.24) is 4.90 Å². The van der Waals surface area contributed by atoms with Gasteiger partial charge in [-0.2, -0.15) is 0 Å². The van der Waals surface area contributed by atoms with Crippen molar-refractivity contribution >= 4 is 23.2 Å². The van der Waals surface area contributed by atoms with Crippen molar-refractivity contribution < 1.29 is 4.79 Å². The molecular weight excluding hydrogens is 200 g/mol. The molecule has 0 radical (unpaired) electrons. The molecular formula is C10H13ClN2O.